The maximum atomic E-state index is 13.1. The molecular weight excluding hydrogens is 538 g/mol. The molecule has 0 spiro atoms. The molecule has 5 rings (SSSR count). The van der Waals surface area contributed by atoms with Crippen LogP contribution in [0.25, 0.3) is 22.0 Å². The number of anilines is 1. The van der Waals surface area contributed by atoms with Crippen molar-refractivity contribution >= 4 is 22.8 Å². The number of amides is 1. The highest BCUT2D eigenvalue weighted by Gasteiger charge is 2.28. The molecule has 1 saturated heterocycles. The first-order valence-electron chi connectivity index (χ1n) is 13.0. The highest BCUT2D eigenvalue weighted by Crippen LogP contribution is 2.34. The first kappa shape index (κ1) is 28.0. The van der Waals surface area contributed by atoms with Gasteiger partial charge in [0.15, 0.2) is 0 Å². The third-order valence-electron chi connectivity index (χ3n) is 7.31. The van der Waals surface area contributed by atoms with Crippen LogP contribution >= 0.6 is 0 Å². The fraction of sp³-hybridized carbons (Fsp3) is 0.357. The topological polar surface area (TPSA) is 115 Å². The summed E-state index contributed by atoms with van der Waals surface area (Å²) < 4.78 is 39.4. The largest absolute Gasteiger partial charge is 0.496 e. The van der Waals surface area contributed by atoms with E-state index >= 15 is 0 Å². The van der Waals surface area contributed by atoms with E-state index in [9.17, 15) is 23.5 Å². The van der Waals surface area contributed by atoms with Crippen LogP contribution in [0.3, 0.4) is 0 Å². The minimum atomic E-state index is -2.98. The number of piperazine rings is 1. The van der Waals surface area contributed by atoms with Gasteiger partial charge in [0.2, 0.25) is 11.9 Å². The first-order valence-corrected chi connectivity index (χ1v) is 13.0. The SMILES string of the molecule is COc1cc2c(=O)n(C)n(Cc3ccccc3OC(F)F)c2cc1-c1cnc(N2CCN(C(=O)CO)[C@H](C)C2)nc1. The molecular formula is C28H30F2N6O5. The zero-order valence-electron chi connectivity index (χ0n) is 22.8. The molecule has 1 N–H and O–H groups in total. The molecule has 216 valence electrons. The number of aromatic nitrogens is 4. The molecule has 0 saturated carbocycles. The van der Waals surface area contributed by atoms with Crippen LogP contribution in [0.4, 0.5) is 14.7 Å². The third kappa shape index (κ3) is 5.44. The summed E-state index contributed by atoms with van der Waals surface area (Å²) in [5.74, 6) is 0.685. The fourth-order valence-electron chi connectivity index (χ4n) is 5.22. The Bertz CT molecular complexity index is 1620. The van der Waals surface area contributed by atoms with Gasteiger partial charge in [-0.15, -0.1) is 0 Å². The van der Waals surface area contributed by atoms with Crippen LogP contribution in [-0.4, -0.2) is 81.2 Å². The normalized spacial score (nSPS) is 15.5. The van der Waals surface area contributed by atoms with E-state index in [-0.39, 0.29) is 29.8 Å². The number of benzene rings is 2. The summed E-state index contributed by atoms with van der Waals surface area (Å²) in [7, 11) is 3.12. The van der Waals surface area contributed by atoms with Gasteiger partial charge in [-0.25, -0.2) is 9.97 Å². The van der Waals surface area contributed by atoms with Gasteiger partial charge < -0.3 is 24.4 Å². The van der Waals surface area contributed by atoms with E-state index < -0.39 is 13.2 Å². The molecule has 1 aliphatic heterocycles. The average molecular weight is 569 g/mol. The van der Waals surface area contributed by atoms with Gasteiger partial charge in [0.1, 0.15) is 18.1 Å². The summed E-state index contributed by atoms with van der Waals surface area (Å²) in [6, 6.07) is 9.80. The van der Waals surface area contributed by atoms with Gasteiger partial charge in [-0.2, -0.15) is 8.78 Å². The van der Waals surface area contributed by atoms with Crippen LogP contribution in [0.2, 0.25) is 0 Å². The number of nitrogens with zero attached hydrogens (tertiary/aromatic N) is 6. The van der Waals surface area contributed by atoms with Crippen molar-refractivity contribution in [3.63, 3.8) is 0 Å². The molecule has 0 aliphatic carbocycles. The number of ether oxygens (including phenoxy) is 2. The number of methoxy groups -OCH3 is 1. The highest BCUT2D eigenvalue weighted by atomic mass is 19.3. The Morgan fingerprint density at radius 3 is 2.54 bits per heavy atom. The summed E-state index contributed by atoms with van der Waals surface area (Å²) >= 11 is 0. The predicted molar refractivity (Wildman–Crippen MR) is 147 cm³/mol. The molecule has 1 fully saturated rings. The molecule has 13 heteroatoms. The number of carbonyl (C=O) groups is 1. The first-order chi connectivity index (χ1) is 19.7. The summed E-state index contributed by atoms with van der Waals surface area (Å²) in [4.78, 5) is 37.8. The molecule has 0 radical (unpaired) electrons. The molecule has 4 aromatic rings. The third-order valence-corrected chi connectivity index (χ3v) is 7.31. The van der Waals surface area contributed by atoms with Gasteiger partial charge >= 0.3 is 6.61 Å². The Kier molecular flexibility index (Phi) is 7.88. The van der Waals surface area contributed by atoms with Gasteiger partial charge in [0, 0.05) is 61.8 Å². The van der Waals surface area contributed by atoms with Crippen molar-refractivity contribution in [3.8, 4) is 22.6 Å². The van der Waals surface area contributed by atoms with Gasteiger partial charge in [0.05, 0.1) is 24.6 Å². The van der Waals surface area contributed by atoms with E-state index in [4.69, 9.17) is 9.47 Å². The maximum absolute atomic E-state index is 13.1. The Morgan fingerprint density at radius 2 is 1.88 bits per heavy atom. The number of rotatable bonds is 8. The highest BCUT2D eigenvalue weighted by molar-refractivity contribution is 5.88. The number of para-hydroxylation sites is 1. The molecule has 0 bridgehead atoms. The fourth-order valence-corrected chi connectivity index (χ4v) is 5.22. The van der Waals surface area contributed by atoms with E-state index in [1.165, 1.54) is 17.9 Å². The monoisotopic (exact) mass is 568 g/mol. The van der Waals surface area contributed by atoms with Crippen LogP contribution in [-0.2, 0) is 18.4 Å². The summed E-state index contributed by atoms with van der Waals surface area (Å²) in [5, 5.41) is 9.60. The number of hydrogen-bond acceptors (Lipinski definition) is 8. The van der Waals surface area contributed by atoms with Crippen molar-refractivity contribution in [2.45, 2.75) is 26.1 Å². The van der Waals surface area contributed by atoms with Crippen molar-refractivity contribution < 1.29 is 28.2 Å². The van der Waals surface area contributed by atoms with E-state index in [0.29, 0.717) is 58.9 Å². The molecule has 2 aromatic heterocycles. The molecule has 1 aliphatic rings. The van der Waals surface area contributed by atoms with E-state index in [2.05, 4.69) is 9.97 Å². The minimum absolute atomic E-state index is 0.0328. The quantitative estimate of drug-likeness (QED) is 0.345. The Labute approximate surface area is 234 Å². The second kappa shape index (κ2) is 11.5. The number of alkyl halides is 2. The lowest BCUT2D eigenvalue weighted by atomic mass is 10.1. The van der Waals surface area contributed by atoms with Gasteiger partial charge in [0.25, 0.3) is 5.56 Å². The van der Waals surface area contributed by atoms with Crippen molar-refractivity contribution in [1.82, 2.24) is 24.2 Å². The Morgan fingerprint density at radius 1 is 1.15 bits per heavy atom. The number of hydrogen-bond donors (Lipinski definition) is 1. The molecule has 0 unspecified atom stereocenters. The molecule has 41 heavy (non-hydrogen) atoms. The lowest BCUT2D eigenvalue weighted by Gasteiger charge is -2.39. The number of halogens is 2. The van der Waals surface area contributed by atoms with E-state index in [1.807, 2.05) is 11.8 Å². The lowest BCUT2D eigenvalue weighted by Crippen LogP contribution is -2.55. The molecule has 2 aromatic carbocycles. The molecule has 3 heterocycles. The van der Waals surface area contributed by atoms with Crippen molar-refractivity contribution in [1.29, 1.82) is 0 Å². The van der Waals surface area contributed by atoms with Crippen LogP contribution in [0, 0.1) is 0 Å². The smallest absolute Gasteiger partial charge is 0.387 e. The summed E-state index contributed by atoms with van der Waals surface area (Å²) in [5.41, 5.74) is 2.09. The molecule has 11 nitrogen and oxygen atoms in total. The lowest BCUT2D eigenvalue weighted by molar-refractivity contribution is -0.136. The maximum Gasteiger partial charge on any atom is 0.387 e. The van der Waals surface area contributed by atoms with Crippen LogP contribution in [0.5, 0.6) is 11.5 Å². The number of aliphatic hydroxyl groups is 1. The summed E-state index contributed by atoms with van der Waals surface area (Å²) in [6.07, 6.45) is 3.33. The Hall–Kier alpha value is -4.52. The standard InChI is InChI=1S/C28H30F2N6O5/c1-17-14-34(8-9-35(17)25(38)16-37)28-31-12-19(13-32-28)20-10-22-21(11-24(20)40-3)26(39)33(2)36(22)15-18-6-4-5-7-23(18)41-27(29)30/h4-7,10-13,17,27,37H,8-9,14-16H2,1-3H3/t17-/m1/s1. The van der Waals surface area contributed by atoms with Crippen molar-refractivity contribution in [2.75, 3.05) is 38.3 Å². The number of carbonyl (C=O) groups excluding carboxylic acids is 1. The van der Waals surface area contributed by atoms with Gasteiger partial charge in [-0.3, -0.25) is 19.0 Å². The molecule has 1 amide bonds. The number of fused-ring (bicyclic) bond motifs is 1. The van der Waals surface area contributed by atoms with Crippen LogP contribution in [0.15, 0.2) is 53.6 Å². The number of aliphatic hydroxyl groups excluding tert-OH is 1. The Balaban J connectivity index is 1.48. The van der Waals surface area contributed by atoms with E-state index in [0.717, 1.165) is 0 Å². The average Bonchev–Trinajstić information content (AvgIpc) is 3.20. The zero-order chi connectivity index (χ0) is 29.3. The van der Waals surface area contributed by atoms with Gasteiger partial charge in [-0.1, -0.05) is 18.2 Å². The minimum Gasteiger partial charge on any atom is -0.496 e. The zero-order valence-corrected chi connectivity index (χ0v) is 22.8. The van der Waals surface area contributed by atoms with Crippen LogP contribution in [0.1, 0.15) is 12.5 Å². The van der Waals surface area contributed by atoms with E-state index in [1.54, 1.807) is 59.4 Å². The molecule has 1 atom stereocenters. The second-order valence-corrected chi connectivity index (χ2v) is 9.75. The van der Waals surface area contributed by atoms with Gasteiger partial charge in [-0.05, 0) is 25.1 Å². The summed E-state index contributed by atoms with van der Waals surface area (Å²) in [6.45, 7) is 0.0226. The predicted octanol–water partition coefficient (Wildman–Crippen LogP) is 2.48. The second-order valence-electron chi connectivity index (χ2n) is 9.75. The van der Waals surface area contributed by atoms with Crippen molar-refractivity contribution in [3.05, 3.63) is 64.7 Å². The van der Waals surface area contributed by atoms with Crippen molar-refractivity contribution in [2.24, 2.45) is 7.05 Å². The van der Waals surface area contributed by atoms with Crippen LogP contribution < -0.4 is 19.9 Å².